The summed E-state index contributed by atoms with van der Waals surface area (Å²) in [5.74, 6) is 0.875. The maximum Gasteiger partial charge on any atom is 0.241 e. The molecule has 0 bridgehead atoms. The maximum atomic E-state index is 12.9. The lowest BCUT2D eigenvalue weighted by molar-refractivity contribution is -0.120. The van der Waals surface area contributed by atoms with Gasteiger partial charge in [0.2, 0.25) is 5.91 Å². The van der Waals surface area contributed by atoms with E-state index in [4.69, 9.17) is 0 Å². The third kappa shape index (κ3) is 3.71. The van der Waals surface area contributed by atoms with E-state index in [9.17, 15) is 4.79 Å². The van der Waals surface area contributed by atoms with Gasteiger partial charge >= 0.3 is 0 Å². The van der Waals surface area contributed by atoms with Crippen LogP contribution in [-0.2, 0) is 18.4 Å². The van der Waals surface area contributed by atoms with E-state index in [-0.39, 0.29) is 11.9 Å². The van der Waals surface area contributed by atoms with E-state index >= 15 is 0 Å². The first-order valence-corrected chi connectivity index (χ1v) is 10.2. The first kappa shape index (κ1) is 18.6. The number of aromatic nitrogens is 4. The van der Waals surface area contributed by atoms with Crippen LogP contribution in [0, 0.1) is 0 Å². The van der Waals surface area contributed by atoms with Crippen LogP contribution in [0.3, 0.4) is 0 Å². The minimum absolute atomic E-state index is 0.0490. The van der Waals surface area contributed by atoms with Gasteiger partial charge in [0.15, 0.2) is 0 Å². The number of amides is 1. The predicted molar refractivity (Wildman–Crippen MR) is 117 cm³/mol. The van der Waals surface area contributed by atoms with Crippen LogP contribution in [0.25, 0.3) is 22.4 Å². The van der Waals surface area contributed by atoms with Crippen LogP contribution >= 0.6 is 0 Å². The summed E-state index contributed by atoms with van der Waals surface area (Å²) in [5, 5.41) is 7.30. The number of aryl methyl sites for hydroxylation is 1. The van der Waals surface area contributed by atoms with Gasteiger partial charge in [0.25, 0.3) is 0 Å². The number of rotatable bonds is 5. The number of hydrogen-bond donors (Lipinski definition) is 2. The van der Waals surface area contributed by atoms with Gasteiger partial charge in [-0.15, -0.1) is 0 Å². The molecule has 1 fully saturated rings. The number of H-pyrrole nitrogens is 1. The average Bonchev–Trinajstić information content (AvgIpc) is 3.48. The third-order valence-electron chi connectivity index (χ3n) is 5.63. The fourth-order valence-electron chi connectivity index (χ4n) is 4.13. The molecule has 1 atom stereocenters. The molecule has 5 rings (SSSR count). The molecule has 7 heteroatoms. The molecule has 4 aromatic rings. The first-order valence-electron chi connectivity index (χ1n) is 10.2. The van der Waals surface area contributed by atoms with E-state index in [0.29, 0.717) is 0 Å². The van der Waals surface area contributed by atoms with Gasteiger partial charge < -0.3 is 10.3 Å². The first-order chi connectivity index (χ1) is 14.7. The molecule has 30 heavy (non-hydrogen) atoms. The van der Waals surface area contributed by atoms with E-state index in [0.717, 1.165) is 59.6 Å². The van der Waals surface area contributed by atoms with Crippen molar-refractivity contribution in [2.24, 2.45) is 7.05 Å². The Bertz CT molecular complexity index is 1140. The Kier molecular flexibility index (Phi) is 4.80. The SMILES string of the molecule is Cn1cc(CN2CCC[C@H]2C(=O)Nc2ccc(-c3nc4ccccc4[nH]3)cc2)cn1. The molecular formula is C23H24N6O. The number of nitrogens with zero attached hydrogens (tertiary/aromatic N) is 4. The fraction of sp³-hybridized carbons (Fsp3) is 0.261. The number of carbonyl (C=O) groups excluding carboxylic acids is 1. The van der Waals surface area contributed by atoms with Gasteiger partial charge in [-0.1, -0.05) is 12.1 Å². The summed E-state index contributed by atoms with van der Waals surface area (Å²) in [4.78, 5) is 23.1. The Morgan fingerprint density at radius 2 is 2.03 bits per heavy atom. The Morgan fingerprint density at radius 1 is 1.20 bits per heavy atom. The van der Waals surface area contributed by atoms with E-state index in [2.05, 4.69) is 25.3 Å². The number of fused-ring (bicyclic) bond motifs is 1. The van der Waals surface area contributed by atoms with E-state index < -0.39 is 0 Å². The molecule has 2 N–H and O–H groups in total. The summed E-state index contributed by atoms with van der Waals surface area (Å²) < 4.78 is 1.80. The second kappa shape index (κ2) is 7.76. The van der Waals surface area contributed by atoms with E-state index in [1.165, 1.54) is 0 Å². The number of para-hydroxylation sites is 2. The highest BCUT2D eigenvalue weighted by atomic mass is 16.2. The van der Waals surface area contributed by atoms with Crippen molar-refractivity contribution in [2.45, 2.75) is 25.4 Å². The lowest BCUT2D eigenvalue weighted by atomic mass is 10.1. The Hall–Kier alpha value is -3.45. The molecule has 1 aliphatic heterocycles. The molecule has 2 aromatic heterocycles. The van der Waals surface area contributed by atoms with Crippen LogP contribution in [0.1, 0.15) is 18.4 Å². The number of imidazole rings is 1. The number of nitrogens with one attached hydrogen (secondary N) is 2. The Labute approximate surface area is 174 Å². The monoisotopic (exact) mass is 400 g/mol. The molecule has 0 spiro atoms. The van der Waals surface area contributed by atoms with Gasteiger partial charge in [-0.3, -0.25) is 14.4 Å². The largest absolute Gasteiger partial charge is 0.338 e. The molecular weight excluding hydrogens is 376 g/mol. The average molecular weight is 400 g/mol. The van der Waals surface area contributed by atoms with Crippen LogP contribution in [0.5, 0.6) is 0 Å². The van der Waals surface area contributed by atoms with Gasteiger partial charge in [0, 0.05) is 36.6 Å². The highest BCUT2D eigenvalue weighted by Crippen LogP contribution is 2.24. The zero-order valence-corrected chi connectivity index (χ0v) is 16.9. The molecule has 1 saturated heterocycles. The smallest absolute Gasteiger partial charge is 0.241 e. The van der Waals surface area contributed by atoms with Crippen molar-refractivity contribution in [1.82, 2.24) is 24.6 Å². The second-order valence-electron chi connectivity index (χ2n) is 7.82. The minimum Gasteiger partial charge on any atom is -0.338 e. The van der Waals surface area contributed by atoms with Crippen LogP contribution < -0.4 is 5.32 Å². The molecule has 1 amide bonds. The van der Waals surface area contributed by atoms with Gasteiger partial charge in [-0.2, -0.15) is 5.10 Å². The maximum absolute atomic E-state index is 12.9. The topological polar surface area (TPSA) is 78.8 Å². The molecule has 7 nitrogen and oxygen atoms in total. The zero-order valence-electron chi connectivity index (χ0n) is 16.9. The zero-order chi connectivity index (χ0) is 20.5. The van der Waals surface area contributed by atoms with Crippen molar-refractivity contribution in [2.75, 3.05) is 11.9 Å². The number of benzene rings is 2. The van der Waals surface area contributed by atoms with Crippen molar-refractivity contribution in [3.8, 4) is 11.4 Å². The minimum atomic E-state index is -0.111. The molecule has 2 aromatic carbocycles. The number of anilines is 1. The van der Waals surface area contributed by atoms with Crippen LogP contribution in [0.2, 0.25) is 0 Å². The summed E-state index contributed by atoms with van der Waals surface area (Å²) in [6, 6.07) is 15.7. The second-order valence-corrected chi connectivity index (χ2v) is 7.82. The molecule has 0 aliphatic carbocycles. The third-order valence-corrected chi connectivity index (χ3v) is 5.63. The lowest BCUT2D eigenvalue weighted by Crippen LogP contribution is -2.39. The number of hydrogen-bond acceptors (Lipinski definition) is 4. The summed E-state index contributed by atoms with van der Waals surface area (Å²) in [5.41, 5.74) is 4.88. The fourth-order valence-corrected chi connectivity index (χ4v) is 4.13. The number of aromatic amines is 1. The Balaban J connectivity index is 1.26. The van der Waals surface area contributed by atoms with Crippen molar-refractivity contribution in [1.29, 1.82) is 0 Å². The van der Waals surface area contributed by atoms with Gasteiger partial charge in [-0.25, -0.2) is 4.98 Å². The predicted octanol–water partition coefficient (Wildman–Crippen LogP) is 3.57. The van der Waals surface area contributed by atoms with E-state index in [1.807, 2.05) is 68.0 Å². The van der Waals surface area contributed by atoms with Crippen molar-refractivity contribution < 1.29 is 4.79 Å². The Morgan fingerprint density at radius 3 is 2.80 bits per heavy atom. The highest BCUT2D eigenvalue weighted by molar-refractivity contribution is 5.95. The molecule has 3 heterocycles. The van der Waals surface area contributed by atoms with Gasteiger partial charge in [0.05, 0.1) is 23.3 Å². The molecule has 0 saturated carbocycles. The highest BCUT2D eigenvalue weighted by Gasteiger charge is 2.30. The van der Waals surface area contributed by atoms with Crippen LogP contribution in [0.15, 0.2) is 60.9 Å². The van der Waals surface area contributed by atoms with Crippen molar-refractivity contribution in [3.63, 3.8) is 0 Å². The lowest BCUT2D eigenvalue weighted by Gasteiger charge is -2.23. The molecule has 0 radical (unpaired) electrons. The van der Waals surface area contributed by atoms with Crippen LogP contribution in [-0.4, -0.2) is 43.1 Å². The molecule has 0 unspecified atom stereocenters. The molecule has 1 aliphatic rings. The summed E-state index contributed by atoms with van der Waals surface area (Å²) in [7, 11) is 1.91. The van der Waals surface area contributed by atoms with E-state index in [1.54, 1.807) is 4.68 Å². The number of carbonyl (C=O) groups is 1. The standard InChI is InChI=1S/C23H24N6O/c1-28-14-16(13-24-28)15-29-12-4-7-21(29)23(30)25-18-10-8-17(9-11-18)22-26-19-5-2-3-6-20(19)27-22/h2-3,5-6,8-11,13-14,21H,4,7,12,15H2,1H3,(H,25,30)(H,26,27)/t21-/m0/s1. The summed E-state index contributed by atoms with van der Waals surface area (Å²) >= 11 is 0. The normalized spacial score (nSPS) is 16.9. The van der Waals surface area contributed by atoms with Crippen molar-refractivity contribution in [3.05, 3.63) is 66.5 Å². The van der Waals surface area contributed by atoms with Crippen molar-refractivity contribution >= 4 is 22.6 Å². The van der Waals surface area contributed by atoms with Gasteiger partial charge in [0.1, 0.15) is 5.82 Å². The number of likely N-dealkylation sites (tertiary alicyclic amines) is 1. The quantitative estimate of drug-likeness (QED) is 0.537. The summed E-state index contributed by atoms with van der Waals surface area (Å²) in [6.45, 7) is 1.68. The summed E-state index contributed by atoms with van der Waals surface area (Å²) in [6.07, 6.45) is 5.78. The van der Waals surface area contributed by atoms with Crippen LogP contribution in [0.4, 0.5) is 5.69 Å². The molecule has 152 valence electrons. The van der Waals surface area contributed by atoms with Gasteiger partial charge in [-0.05, 0) is 55.8 Å².